The van der Waals surface area contributed by atoms with E-state index in [-0.39, 0.29) is 0 Å². The minimum atomic E-state index is 0.447. The molecule has 64 valence electrons. The predicted molar refractivity (Wildman–Crippen MR) is 50.5 cm³/mol. The van der Waals surface area contributed by atoms with Crippen molar-refractivity contribution in [1.29, 1.82) is 0 Å². The molecular weight excluding hydrogens is 150 g/mol. The van der Waals surface area contributed by atoms with Crippen LogP contribution in [-0.4, -0.2) is 19.9 Å². The maximum Gasteiger partial charge on any atom is 0.139 e. The van der Waals surface area contributed by atoms with Crippen molar-refractivity contribution in [3.8, 4) is 0 Å². The Kier molecular flexibility index (Phi) is 2.86. The summed E-state index contributed by atoms with van der Waals surface area (Å²) in [4.78, 5) is 12.1. The molecule has 1 rings (SSSR count). The molecule has 1 aromatic carbocycles. The van der Waals surface area contributed by atoms with Crippen molar-refractivity contribution in [2.75, 3.05) is 18.5 Å². The van der Waals surface area contributed by atoms with Gasteiger partial charge in [0.1, 0.15) is 6.29 Å². The van der Waals surface area contributed by atoms with Crippen molar-refractivity contribution in [3.05, 3.63) is 29.8 Å². The highest BCUT2D eigenvalue weighted by molar-refractivity contribution is 5.60. The van der Waals surface area contributed by atoms with E-state index in [1.807, 2.05) is 43.1 Å². The highest BCUT2D eigenvalue weighted by Crippen LogP contribution is 2.11. The third kappa shape index (κ3) is 2.09. The van der Waals surface area contributed by atoms with E-state index >= 15 is 0 Å². The van der Waals surface area contributed by atoms with E-state index in [9.17, 15) is 4.79 Å². The van der Waals surface area contributed by atoms with Crippen molar-refractivity contribution < 1.29 is 4.79 Å². The Bertz CT molecular complexity index is 253. The molecule has 0 radical (unpaired) electrons. The van der Waals surface area contributed by atoms with Gasteiger partial charge >= 0.3 is 0 Å². The Hall–Kier alpha value is -1.31. The van der Waals surface area contributed by atoms with Gasteiger partial charge in [-0.15, -0.1) is 0 Å². The van der Waals surface area contributed by atoms with Crippen LogP contribution in [0, 0.1) is 6.92 Å². The normalized spacial score (nSPS) is 9.50. The average Bonchev–Trinajstić information content (AvgIpc) is 2.06. The molecule has 0 atom stereocenters. The molecule has 0 fully saturated rings. The number of benzene rings is 1. The van der Waals surface area contributed by atoms with Crippen LogP contribution in [0.15, 0.2) is 24.3 Å². The summed E-state index contributed by atoms with van der Waals surface area (Å²) in [5.41, 5.74) is 2.31. The molecule has 0 bridgehead atoms. The van der Waals surface area contributed by atoms with E-state index < -0.39 is 0 Å². The lowest BCUT2D eigenvalue weighted by Crippen LogP contribution is -2.18. The molecule has 0 aliphatic rings. The van der Waals surface area contributed by atoms with Gasteiger partial charge in [0.25, 0.3) is 0 Å². The van der Waals surface area contributed by atoms with E-state index in [0.717, 1.165) is 12.0 Å². The summed E-state index contributed by atoms with van der Waals surface area (Å²) in [5.74, 6) is 0. The number of rotatable bonds is 3. The lowest BCUT2D eigenvalue weighted by molar-refractivity contribution is -0.106. The summed E-state index contributed by atoms with van der Waals surface area (Å²) in [6.07, 6.45) is 0.903. The number of anilines is 1. The van der Waals surface area contributed by atoms with E-state index in [2.05, 4.69) is 0 Å². The number of aryl methyl sites for hydroxylation is 1. The second kappa shape index (κ2) is 3.90. The first-order valence-electron chi connectivity index (χ1n) is 3.95. The van der Waals surface area contributed by atoms with Gasteiger partial charge in [-0.05, 0) is 19.1 Å². The zero-order valence-electron chi connectivity index (χ0n) is 7.45. The summed E-state index contributed by atoms with van der Waals surface area (Å²) in [6, 6.07) is 8.10. The maximum absolute atomic E-state index is 10.2. The molecule has 2 nitrogen and oxygen atoms in total. The quantitative estimate of drug-likeness (QED) is 0.631. The molecule has 0 aliphatic carbocycles. The molecule has 0 unspecified atom stereocenters. The smallest absolute Gasteiger partial charge is 0.139 e. The standard InChI is InChI=1S/C10H13NO/c1-9-3-5-10(6-4-9)11(2)7-8-12/h3-6,8H,7H2,1-2H3. The number of nitrogens with zero attached hydrogens (tertiary/aromatic N) is 1. The Morgan fingerprint density at radius 2 is 1.92 bits per heavy atom. The minimum absolute atomic E-state index is 0.447. The molecule has 0 aliphatic heterocycles. The van der Waals surface area contributed by atoms with Gasteiger partial charge in [-0.1, -0.05) is 17.7 Å². The lowest BCUT2D eigenvalue weighted by atomic mass is 10.2. The first-order chi connectivity index (χ1) is 5.74. The topological polar surface area (TPSA) is 20.3 Å². The van der Waals surface area contributed by atoms with Gasteiger partial charge in [0, 0.05) is 12.7 Å². The van der Waals surface area contributed by atoms with Gasteiger partial charge in [-0.3, -0.25) is 0 Å². The Morgan fingerprint density at radius 1 is 1.33 bits per heavy atom. The van der Waals surface area contributed by atoms with Crippen LogP contribution in [-0.2, 0) is 4.79 Å². The van der Waals surface area contributed by atoms with Crippen molar-refractivity contribution in [1.82, 2.24) is 0 Å². The molecule has 0 saturated heterocycles. The zero-order valence-corrected chi connectivity index (χ0v) is 7.45. The van der Waals surface area contributed by atoms with Crippen molar-refractivity contribution in [2.24, 2.45) is 0 Å². The molecule has 0 N–H and O–H groups in total. The zero-order chi connectivity index (χ0) is 8.97. The lowest BCUT2D eigenvalue weighted by Gasteiger charge is -2.15. The van der Waals surface area contributed by atoms with Gasteiger partial charge in [0.2, 0.25) is 0 Å². The average molecular weight is 163 g/mol. The van der Waals surface area contributed by atoms with E-state index in [1.54, 1.807) is 0 Å². The third-order valence-electron chi connectivity index (χ3n) is 1.82. The Labute approximate surface area is 72.8 Å². The van der Waals surface area contributed by atoms with Crippen LogP contribution in [0.5, 0.6) is 0 Å². The van der Waals surface area contributed by atoms with E-state index in [1.165, 1.54) is 5.56 Å². The van der Waals surface area contributed by atoms with Crippen LogP contribution in [0.25, 0.3) is 0 Å². The van der Waals surface area contributed by atoms with E-state index in [0.29, 0.717) is 6.54 Å². The number of hydrogen-bond donors (Lipinski definition) is 0. The minimum Gasteiger partial charge on any atom is -0.368 e. The van der Waals surface area contributed by atoms with Crippen LogP contribution < -0.4 is 4.90 Å². The monoisotopic (exact) mass is 163 g/mol. The van der Waals surface area contributed by atoms with Gasteiger partial charge in [0.15, 0.2) is 0 Å². The number of likely N-dealkylation sites (N-methyl/N-ethyl adjacent to an activating group) is 1. The fourth-order valence-corrected chi connectivity index (χ4v) is 1.02. The number of aldehydes is 1. The summed E-state index contributed by atoms with van der Waals surface area (Å²) in [5, 5.41) is 0. The summed E-state index contributed by atoms with van der Waals surface area (Å²) in [7, 11) is 1.90. The van der Waals surface area contributed by atoms with Crippen molar-refractivity contribution in [3.63, 3.8) is 0 Å². The fraction of sp³-hybridized carbons (Fsp3) is 0.300. The van der Waals surface area contributed by atoms with Crippen LogP contribution in [0.2, 0.25) is 0 Å². The second-order valence-corrected chi connectivity index (χ2v) is 2.88. The van der Waals surface area contributed by atoms with Crippen molar-refractivity contribution in [2.45, 2.75) is 6.92 Å². The van der Waals surface area contributed by atoms with Crippen LogP contribution >= 0.6 is 0 Å². The Morgan fingerprint density at radius 3 is 2.42 bits per heavy atom. The molecular formula is C10H13NO. The maximum atomic E-state index is 10.2. The first-order valence-corrected chi connectivity index (χ1v) is 3.95. The SMILES string of the molecule is Cc1ccc(N(C)CC=O)cc1. The van der Waals surface area contributed by atoms with Crippen LogP contribution in [0.4, 0.5) is 5.69 Å². The molecule has 2 heteroatoms. The van der Waals surface area contributed by atoms with Crippen LogP contribution in [0.1, 0.15) is 5.56 Å². The second-order valence-electron chi connectivity index (χ2n) is 2.88. The van der Waals surface area contributed by atoms with Crippen LogP contribution in [0.3, 0.4) is 0 Å². The van der Waals surface area contributed by atoms with Gasteiger partial charge in [-0.2, -0.15) is 0 Å². The molecule has 0 spiro atoms. The molecule has 12 heavy (non-hydrogen) atoms. The summed E-state index contributed by atoms with van der Waals surface area (Å²) in [6.45, 7) is 2.49. The molecule has 0 aromatic heterocycles. The number of carbonyl (C=O) groups is 1. The van der Waals surface area contributed by atoms with Gasteiger partial charge in [0.05, 0.1) is 6.54 Å². The highest BCUT2D eigenvalue weighted by atomic mass is 16.1. The molecule has 0 saturated carbocycles. The third-order valence-corrected chi connectivity index (χ3v) is 1.82. The first kappa shape index (κ1) is 8.78. The summed E-state index contributed by atoms with van der Waals surface area (Å²) < 4.78 is 0. The van der Waals surface area contributed by atoms with E-state index in [4.69, 9.17) is 0 Å². The molecule has 0 heterocycles. The number of carbonyl (C=O) groups excluding carboxylic acids is 1. The van der Waals surface area contributed by atoms with Gasteiger partial charge < -0.3 is 9.69 Å². The molecule has 0 amide bonds. The molecule has 1 aromatic rings. The number of hydrogen-bond acceptors (Lipinski definition) is 2. The Balaban J connectivity index is 2.74. The predicted octanol–water partition coefficient (Wildman–Crippen LogP) is 1.63. The van der Waals surface area contributed by atoms with Crippen molar-refractivity contribution >= 4 is 12.0 Å². The fourth-order valence-electron chi connectivity index (χ4n) is 1.02. The summed E-state index contributed by atoms with van der Waals surface area (Å²) >= 11 is 0. The largest absolute Gasteiger partial charge is 0.368 e. The van der Waals surface area contributed by atoms with Gasteiger partial charge in [-0.25, -0.2) is 0 Å². The highest BCUT2D eigenvalue weighted by Gasteiger charge is 1.97.